The molecule has 1 aromatic carbocycles. The quantitative estimate of drug-likeness (QED) is 0.813. The van der Waals surface area contributed by atoms with Gasteiger partial charge in [0.05, 0.1) is 5.41 Å². The van der Waals surface area contributed by atoms with Crippen LogP contribution in [0.15, 0.2) is 24.3 Å². The molecule has 5 nitrogen and oxygen atoms in total. The fraction of sp³-hybridized carbons (Fsp3) is 0.652. The van der Waals surface area contributed by atoms with Gasteiger partial charge in [0, 0.05) is 31.7 Å². The monoisotopic (exact) mass is 381 g/mol. The summed E-state index contributed by atoms with van der Waals surface area (Å²) in [6.45, 7) is 5.89. The van der Waals surface area contributed by atoms with Gasteiger partial charge in [-0.15, -0.1) is 0 Å². The molecular formula is C23H31N3O2. The lowest BCUT2D eigenvalue weighted by Gasteiger charge is -2.46. The van der Waals surface area contributed by atoms with Crippen LogP contribution in [0.3, 0.4) is 0 Å². The summed E-state index contributed by atoms with van der Waals surface area (Å²) in [5, 5.41) is 3.11. The maximum Gasteiger partial charge on any atom is 0.235 e. The average Bonchev–Trinajstić information content (AvgIpc) is 3.24. The molecule has 0 aromatic heterocycles. The van der Waals surface area contributed by atoms with Gasteiger partial charge in [0.15, 0.2) is 0 Å². The van der Waals surface area contributed by atoms with E-state index in [0.29, 0.717) is 11.5 Å². The number of nitrogens with one attached hydrogen (secondary N) is 1. The van der Waals surface area contributed by atoms with Crippen LogP contribution in [0.1, 0.15) is 57.4 Å². The molecular weight excluding hydrogens is 350 g/mol. The van der Waals surface area contributed by atoms with Crippen molar-refractivity contribution in [2.45, 2.75) is 63.3 Å². The smallest absolute Gasteiger partial charge is 0.235 e. The first kappa shape index (κ1) is 18.2. The summed E-state index contributed by atoms with van der Waals surface area (Å²) in [4.78, 5) is 29.2. The van der Waals surface area contributed by atoms with Crippen LogP contribution in [0.25, 0.3) is 0 Å². The van der Waals surface area contributed by atoms with Gasteiger partial charge < -0.3 is 15.1 Å². The first-order valence-electron chi connectivity index (χ1n) is 10.9. The van der Waals surface area contributed by atoms with Crippen LogP contribution in [-0.2, 0) is 15.0 Å². The van der Waals surface area contributed by atoms with Gasteiger partial charge in [-0.1, -0.05) is 18.2 Å². The van der Waals surface area contributed by atoms with E-state index in [2.05, 4.69) is 22.3 Å². The molecule has 0 radical (unpaired) electrons. The zero-order valence-electron chi connectivity index (χ0n) is 16.9. The Balaban J connectivity index is 1.21. The lowest BCUT2D eigenvalue weighted by Crippen LogP contribution is -2.50. The third kappa shape index (κ3) is 2.78. The van der Waals surface area contributed by atoms with Crippen LogP contribution in [0.2, 0.25) is 0 Å². The summed E-state index contributed by atoms with van der Waals surface area (Å²) in [5.41, 5.74) is 2.30. The fourth-order valence-corrected chi connectivity index (χ4v) is 6.31. The molecule has 1 saturated carbocycles. The molecule has 5 heteroatoms. The molecule has 3 heterocycles. The zero-order chi connectivity index (χ0) is 19.4. The number of carbonyl (C=O) groups is 2. The van der Waals surface area contributed by atoms with Crippen LogP contribution in [0.5, 0.6) is 0 Å². The Hall–Kier alpha value is -1.88. The van der Waals surface area contributed by atoms with Gasteiger partial charge >= 0.3 is 0 Å². The molecule has 2 amide bonds. The van der Waals surface area contributed by atoms with E-state index in [0.717, 1.165) is 57.5 Å². The van der Waals surface area contributed by atoms with E-state index < -0.39 is 0 Å². The number of piperidine rings is 1. The summed E-state index contributed by atoms with van der Waals surface area (Å²) < 4.78 is 0. The third-order valence-corrected chi connectivity index (χ3v) is 8.19. The molecule has 4 aliphatic rings. The molecule has 2 spiro atoms. The van der Waals surface area contributed by atoms with Crippen LogP contribution in [0.4, 0.5) is 5.69 Å². The van der Waals surface area contributed by atoms with Crippen molar-refractivity contribution in [2.75, 3.05) is 31.5 Å². The van der Waals surface area contributed by atoms with Crippen molar-refractivity contribution in [1.29, 1.82) is 0 Å². The SMILES string of the molecule is CC(=O)N1CCC2(CCN(C3CCC4(CC3)C(=O)Nc3ccccc34)CC2)C1. The minimum atomic E-state index is -0.294. The topological polar surface area (TPSA) is 52.7 Å². The standard InChI is InChI=1S/C23H31N3O2/c1-17(27)26-15-12-22(16-26)10-13-25(14-11-22)18-6-8-23(9-7-18)19-4-2-3-5-20(19)24-21(23)28/h2-5,18H,6-16H2,1H3,(H,24,28). The lowest BCUT2D eigenvalue weighted by atomic mass is 9.68. The second-order valence-electron chi connectivity index (χ2n) is 9.54. The molecule has 28 heavy (non-hydrogen) atoms. The number of likely N-dealkylation sites (tertiary alicyclic amines) is 2. The summed E-state index contributed by atoms with van der Waals surface area (Å²) >= 11 is 0. The maximum absolute atomic E-state index is 12.8. The molecule has 1 N–H and O–H groups in total. The predicted molar refractivity (Wildman–Crippen MR) is 109 cm³/mol. The lowest BCUT2D eigenvalue weighted by molar-refractivity contribution is -0.128. The highest BCUT2D eigenvalue weighted by Gasteiger charge is 2.50. The minimum Gasteiger partial charge on any atom is -0.342 e. The van der Waals surface area contributed by atoms with E-state index in [4.69, 9.17) is 0 Å². The van der Waals surface area contributed by atoms with Crippen molar-refractivity contribution in [3.63, 3.8) is 0 Å². The number of rotatable bonds is 1. The van der Waals surface area contributed by atoms with Crippen molar-refractivity contribution in [3.8, 4) is 0 Å². The van der Waals surface area contributed by atoms with Crippen molar-refractivity contribution in [3.05, 3.63) is 29.8 Å². The predicted octanol–water partition coefficient (Wildman–Crippen LogP) is 3.15. The zero-order valence-corrected chi connectivity index (χ0v) is 16.9. The van der Waals surface area contributed by atoms with Crippen molar-refractivity contribution in [1.82, 2.24) is 9.80 Å². The third-order valence-electron chi connectivity index (χ3n) is 8.19. The van der Waals surface area contributed by atoms with Gasteiger partial charge in [-0.05, 0) is 75.1 Å². The van der Waals surface area contributed by atoms with E-state index in [1.807, 2.05) is 17.0 Å². The number of nitrogens with zero attached hydrogens (tertiary/aromatic N) is 2. The Morgan fingerprint density at radius 3 is 2.39 bits per heavy atom. The number of hydrogen-bond donors (Lipinski definition) is 1. The van der Waals surface area contributed by atoms with E-state index in [1.165, 1.54) is 24.8 Å². The molecule has 1 aliphatic carbocycles. The highest BCUT2D eigenvalue weighted by molar-refractivity contribution is 6.06. The van der Waals surface area contributed by atoms with Crippen LogP contribution >= 0.6 is 0 Å². The van der Waals surface area contributed by atoms with Crippen molar-refractivity contribution < 1.29 is 9.59 Å². The first-order chi connectivity index (χ1) is 13.5. The Bertz CT molecular complexity index is 789. The van der Waals surface area contributed by atoms with E-state index in [9.17, 15) is 9.59 Å². The minimum absolute atomic E-state index is 0.208. The van der Waals surface area contributed by atoms with E-state index in [1.54, 1.807) is 6.92 Å². The molecule has 3 fully saturated rings. The van der Waals surface area contributed by atoms with Crippen LogP contribution in [0, 0.1) is 5.41 Å². The Labute approximate surface area is 167 Å². The summed E-state index contributed by atoms with van der Waals surface area (Å²) in [5.74, 6) is 0.437. The van der Waals surface area contributed by atoms with Crippen LogP contribution < -0.4 is 5.32 Å². The Kier molecular flexibility index (Phi) is 4.27. The second-order valence-corrected chi connectivity index (χ2v) is 9.54. The number of benzene rings is 1. The molecule has 5 rings (SSSR count). The highest BCUT2D eigenvalue weighted by atomic mass is 16.2. The molecule has 0 unspecified atom stereocenters. The molecule has 3 aliphatic heterocycles. The van der Waals surface area contributed by atoms with Crippen LogP contribution in [-0.4, -0.2) is 53.8 Å². The molecule has 0 atom stereocenters. The number of carbonyl (C=O) groups excluding carboxylic acids is 2. The number of fused-ring (bicyclic) bond motifs is 2. The normalized spacial score (nSPS) is 32.0. The average molecular weight is 382 g/mol. The summed E-state index contributed by atoms with van der Waals surface area (Å²) in [6, 6.07) is 8.84. The van der Waals surface area contributed by atoms with E-state index >= 15 is 0 Å². The van der Waals surface area contributed by atoms with Gasteiger partial charge in [-0.25, -0.2) is 0 Å². The molecule has 150 valence electrons. The second kappa shape index (κ2) is 6.58. The number of para-hydroxylation sites is 1. The summed E-state index contributed by atoms with van der Waals surface area (Å²) in [6.07, 6.45) is 7.72. The van der Waals surface area contributed by atoms with Gasteiger partial charge in [0.2, 0.25) is 11.8 Å². The van der Waals surface area contributed by atoms with Crippen molar-refractivity contribution >= 4 is 17.5 Å². The molecule has 2 saturated heterocycles. The van der Waals surface area contributed by atoms with Gasteiger partial charge in [-0.3, -0.25) is 9.59 Å². The molecule has 0 bridgehead atoms. The van der Waals surface area contributed by atoms with Gasteiger partial charge in [0.25, 0.3) is 0 Å². The fourth-order valence-electron chi connectivity index (χ4n) is 6.31. The number of amides is 2. The van der Waals surface area contributed by atoms with Gasteiger partial charge in [-0.2, -0.15) is 0 Å². The van der Waals surface area contributed by atoms with E-state index in [-0.39, 0.29) is 17.2 Å². The first-order valence-corrected chi connectivity index (χ1v) is 10.9. The Morgan fingerprint density at radius 2 is 1.71 bits per heavy atom. The summed E-state index contributed by atoms with van der Waals surface area (Å²) in [7, 11) is 0. The Morgan fingerprint density at radius 1 is 1.04 bits per heavy atom. The van der Waals surface area contributed by atoms with Crippen molar-refractivity contribution in [2.24, 2.45) is 5.41 Å². The number of anilines is 1. The number of hydrogen-bond acceptors (Lipinski definition) is 3. The maximum atomic E-state index is 12.8. The highest BCUT2D eigenvalue weighted by Crippen LogP contribution is 2.49. The van der Waals surface area contributed by atoms with Gasteiger partial charge in [0.1, 0.15) is 0 Å². The molecule has 1 aromatic rings. The largest absolute Gasteiger partial charge is 0.342 e.